The second-order valence-electron chi connectivity index (χ2n) is 9.43. The third kappa shape index (κ3) is 7.09. The van der Waals surface area contributed by atoms with Crippen LogP contribution in [0.5, 0.6) is 0 Å². The van der Waals surface area contributed by atoms with Crippen LogP contribution in [0.25, 0.3) is 0 Å². The van der Waals surface area contributed by atoms with Gasteiger partial charge in [-0.05, 0) is 47.1 Å². The fourth-order valence-electron chi connectivity index (χ4n) is 3.88. The number of likely N-dealkylation sites (tertiary alicyclic amines) is 1. The van der Waals surface area contributed by atoms with Crippen LogP contribution in [-0.4, -0.2) is 23.4 Å². The summed E-state index contributed by atoms with van der Waals surface area (Å²) >= 11 is 0. The Labute approximate surface area is 184 Å². The molecular formula is C25H32FN3O2. The van der Waals surface area contributed by atoms with E-state index in [-0.39, 0.29) is 29.2 Å². The van der Waals surface area contributed by atoms with Crippen molar-refractivity contribution in [3.05, 3.63) is 71.0 Å². The molecule has 0 radical (unpaired) electrons. The first-order chi connectivity index (χ1) is 14.7. The number of hydrogen-bond donors (Lipinski definition) is 2. The lowest BCUT2D eigenvalue weighted by Crippen LogP contribution is -2.38. The first-order valence-electron chi connectivity index (χ1n) is 10.8. The van der Waals surface area contributed by atoms with Gasteiger partial charge in [-0.1, -0.05) is 57.2 Å². The van der Waals surface area contributed by atoms with Crippen molar-refractivity contribution < 1.29 is 14.0 Å². The first-order valence-corrected chi connectivity index (χ1v) is 10.8. The molecule has 0 aliphatic carbocycles. The number of rotatable bonds is 7. The highest BCUT2D eigenvalue weighted by Crippen LogP contribution is 2.29. The zero-order valence-electron chi connectivity index (χ0n) is 18.6. The topological polar surface area (TPSA) is 61.4 Å². The molecule has 2 aromatic carbocycles. The average molecular weight is 426 g/mol. The number of hydrogen-bond acceptors (Lipinski definition) is 2. The van der Waals surface area contributed by atoms with Crippen LogP contribution < -0.4 is 10.6 Å². The summed E-state index contributed by atoms with van der Waals surface area (Å²) in [6.45, 7) is 8.14. The molecule has 0 bridgehead atoms. The van der Waals surface area contributed by atoms with E-state index >= 15 is 0 Å². The average Bonchev–Trinajstić information content (AvgIpc) is 3.10. The van der Waals surface area contributed by atoms with Crippen molar-refractivity contribution in [2.24, 2.45) is 5.41 Å². The molecule has 5 nitrogen and oxygen atoms in total. The predicted octanol–water partition coefficient (Wildman–Crippen LogP) is 4.92. The maximum Gasteiger partial charge on any atom is 0.315 e. The van der Waals surface area contributed by atoms with Crippen LogP contribution in [0.4, 0.5) is 9.18 Å². The Bertz CT molecular complexity index is 906. The zero-order chi connectivity index (χ0) is 22.4. The Morgan fingerprint density at radius 2 is 1.84 bits per heavy atom. The molecule has 0 aromatic heterocycles. The quantitative estimate of drug-likeness (QED) is 0.661. The lowest BCUT2D eigenvalue weighted by Gasteiger charge is -2.27. The monoisotopic (exact) mass is 425 g/mol. The number of halogens is 1. The van der Waals surface area contributed by atoms with Gasteiger partial charge in [-0.2, -0.15) is 0 Å². The van der Waals surface area contributed by atoms with Gasteiger partial charge in [0.25, 0.3) is 0 Å². The van der Waals surface area contributed by atoms with Gasteiger partial charge in [0.05, 0.1) is 6.04 Å². The molecule has 0 saturated carbocycles. The number of nitrogens with zero attached hydrogens (tertiary/aromatic N) is 1. The number of carbonyl (C=O) groups excluding carboxylic acids is 2. The van der Waals surface area contributed by atoms with E-state index in [1.54, 1.807) is 12.1 Å². The number of nitrogens with one attached hydrogen (secondary N) is 2. The Morgan fingerprint density at radius 1 is 1.13 bits per heavy atom. The minimum absolute atomic E-state index is 0.00628. The minimum atomic E-state index is -0.293. The van der Waals surface area contributed by atoms with Crippen LogP contribution in [0.15, 0.2) is 48.5 Å². The van der Waals surface area contributed by atoms with E-state index in [2.05, 4.69) is 31.4 Å². The lowest BCUT2D eigenvalue weighted by molar-refractivity contribution is -0.128. The van der Waals surface area contributed by atoms with E-state index in [1.807, 2.05) is 29.2 Å². The van der Waals surface area contributed by atoms with Crippen molar-refractivity contribution in [3.63, 3.8) is 0 Å². The fourth-order valence-corrected chi connectivity index (χ4v) is 3.88. The van der Waals surface area contributed by atoms with E-state index in [4.69, 9.17) is 0 Å². The van der Waals surface area contributed by atoms with Crippen LogP contribution in [0.3, 0.4) is 0 Å². The van der Waals surface area contributed by atoms with Gasteiger partial charge in [0, 0.05) is 26.1 Å². The van der Waals surface area contributed by atoms with Gasteiger partial charge in [0.1, 0.15) is 5.82 Å². The Morgan fingerprint density at radius 3 is 2.48 bits per heavy atom. The summed E-state index contributed by atoms with van der Waals surface area (Å²) in [4.78, 5) is 26.3. The number of benzene rings is 2. The maximum absolute atomic E-state index is 13.3. The van der Waals surface area contributed by atoms with Crippen molar-refractivity contribution in [1.82, 2.24) is 15.5 Å². The maximum atomic E-state index is 13.3. The molecule has 1 unspecified atom stereocenters. The van der Waals surface area contributed by atoms with Crippen LogP contribution in [0.2, 0.25) is 0 Å². The standard InChI is InChI=1S/C25H32FN3O2/c1-25(2,3)15-22(20-9-11-21(26)12-10-20)28-24(31)27-16-18-6-4-7-19(14-18)17-29-13-5-8-23(29)30/h4,6-7,9-12,14,22H,5,8,13,15-17H2,1-3H3,(H2,27,28,31). The number of amides is 3. The molecule has 3 rings (SSSR count). The molecule has 2 N–H and O–H groups in total. The van der Waals surface area contributed by atoms with E-state index in [1.165, 1.54) is 12.1 Å². The van der Waals surface area contributed by atoms with Crippen molar-refractivity contribution in [2.45, 2.75) is 59.2 Å². The summed E-state index contributed by atoms with van der Waals surface area (Å²) in [5.74, 6) is -0.0909. The Balaban J connectivity index is 1.59. The Hall–Kier alpha value is -2.89. The largest absolute Gasteiger partial charge is 0.338 e. The van der Waals surface area contributed by atoms with E-state index < -0.39 is 0 Å². The van der Waals surface area contributed by atoms with Gasteiger partial charge >= 0.3 is 6.03 Å². The van der Waals surface area contributed by atoms with Crippen LogP contribution in [0, 0.1) is 11.2 Å². The van der Waals surface area contributed by atoms with Crippen molar-refractivity contribution in [3.8, 4) is 0 Å². The molecule has 2 aromatic rings. The molecule has 6 heteroatoms. The van der Waals surface area contributed by atoms with Gasteiger partial charge in [0.2, 0.25) is 5.91 Å². The van der Waals surface area contributed by atoms with Gasteiger partial charge in [0.15, 0.2) is 0 Å². The molecule has 1 aliphatic heterocycles. The molecule has 1 aliphatic rings. The SMILES string of the molecule is CC(C)(C)CC(NC(=O)NCc1cccc(CN2CCCC2=O)c1)c1ccc(F)cc1. The third-order valence-corrected chi connectivity index (χ3v) is 5.38. The van der Waals surface area contributed by atoms with Gasteiger partial charge in [-0.15, -0.1) is 0 Å². The normalized spacial score (nSPS) is 15.1. The fraction of sp³-hybridized carbons (Fsp3) is 0.440. The van der Waals surface area contributed by atoms with Gasteiger partial charge in [-0.25, -0.2) is 9.18 Å². The summed E-state index contributed by atoms with van der Waals surface area (Å²) in [5, 5.41) is 5.95. The summed E-state index contributed by atoms with van der Waals surface area (Å²) in [6.07, 6.45) is 2.28. The van der Waals surface area contributed by atoms with Gasteiger partial charge < -0.3 is 15.5 Å². The molecule has 3 amide bonds. The molecular weight excluding hydrogens is 393 g/mol. The molecule has 1 saturated heterocycles. The summed E-state index contributed by atoms with van der Waals surface area (Å²) < 4.78 is 13.3. The number of carbonyl (C=O) groups is 2. The van der Waals surface area contributed by atoms with Crippen LogP contribution in [-0.2, 0) is 17.9 Å². The number of urea groups is 1. The summed E-state index contributed by atoms with van der Waals surface area (Å²) in [5.41, 5.74) is 2.91. The van der Waals surface area contributed by atoms with Crippen LogP contribution in [0.1, 0.15) is 62.8 Å². The van der Waals surface area contributed by atoms with Crippen molar-refractivity contribution in [2.75, 3.05) is 6.54 Å². The second kappa shape index (κ2) is 9.94. The lowest BCUT2D eigenvalue weighted by atomic mass is 9.85. The van der Waals surface area contributed by atoms with Crippen molar-refractivity contribution in [1.29, 1.82) is 0 Å². The summed E-state index contributed by atoms with van der Waals surface area (Å²) in [6, 6.07) is 13.7. The highest BCUT2D eigenvalue weighted by atomic mass is 19.1. The van der Waals surface area contributed by atoms with Crippen molar-refractivity contribution >= 4 is 11.9 Å². The Kier molecular flexibility index (Phi) is 7.31. The smallest absolute Gasteiger partial charge is 0.315 e. The first kappa shape index (κ1) is 22.8. The predicted molar refractivity (Wildman–Crippen MR) is 120 cm³/mol. The van der Waals surface area contributed by atoms with E-state index in [9.17, 15) is 14.0 Å². The highest BCUT2D eigenvalue weighted by molar-refractivity contribution is 5.78. The molecule has 1 atom stereocenters. The molecule has 1 fully saturated rings. The molecule has 0 spiro atoms. The molecule has 1 heterocycles. The van der Waals surface area contributed by atoms with E-state index in [0.717, 1.165) is 36.1 Å². The van der Waals surface area contributed by atoms with Crippen LogP contribution >= 0.6 is 0 Å². The zero-order valence-corrected chi connectivity index (χ0v) is 18.6. The van der Waals surface area contributed by atoms with Gasteiger partial charge in [-0.3, -0.25) is 4.79 Å². The minimum Gasteiger partial charge on any atom is -0.338 e. The van der Waals surface area contributed by atoms with E-state index in [0.29, 0.717) is 19.5 Å². The second-order valence-corrected chi connectivity index (χ2v) is 9.43. The molecule has 166 valence electrons. The summed E-state index contributed by atoms with van der Waals surface area (Å²) in [7, 11) is 0. The molecule has 31 heavy (non-hydrogen) atoms. The third-order valence-electron chi connectivity index (χ3n) is 5.38. The highest BCUT2D eigenvalue weighted by Gasteiger charge is 2.22.